The maximum atomic E-state index is 12.5. The van der Waals surface area contributed by atoms with Gasteiger partial charge in [-0.05, 0) is 56.6 Å². The lowest BCUT2D eigenvalue weighted by Gasteiger charge is -2.33. The second kappa shape index (κ2) is 9.05. The molecule has 0 aliphatic carbocycles. The van der Waals surface area contributed by atoms with Crippen LogP contribution in [0.3, 0.4) is 0 Å². The van der Waals surface area contributed by atoms with Gasteiger partial charge in [0.2, 0.25) is 11.8 Å². The molecular formula is C22H32N4O2. The number of carbonyl (C=O) groups is 2. The Labute approximate surface area is 167 Å². The molecule has 0 aromatic heterocycles. The molecule has 3 N–H and O–H groups in total. The number of benzene rings is 1. The molecule has 3 aliphatic heterocycles. The Morgan fingerprint density at radius 1 is 0.964 bits per heavy atom. The van der Waals surface area contributed by atoms with E-state index < -0.39 is 0 Å². The summed E-state index contributed by atoms with van der Waals surface area (Å²) < 4.78 is 0. The largest absolute Gasteiger partial charge is 0.353 e. The number of carbonyl (C=O) groups excluding carboxylic acids is 2. The third-order valence-electron chi connectivity index (χ3n) is 6.42. The lowest BCUT2D eigenvalue weighted by Crippen LogP contribution is -2.47. The number of piperidine rings is 2. The smallest absolute Gasteiger partial charge is 0.238 e. The number of hydrogen-bond donors (Lipinski definition) is 3. The molecule has 0 saturated carbocycles. The van der Waals surface area contributed by atoms with Crippen LogP contribution in [0.1, 0.15) is 44.9 Å². The van der Waals surface area contributed by atoms with Gasteiger partial charge >= 0.3 is 0 Å². The van der Waals surface area contributed by atoms with Crippen molar-refractivity contribution in [2.24, 2.45) is 5.92 Å². The van der Waals surface area contributed by atoms with Crippen LogP contribution < -0.4 is 16.0 Å². The summed E-state index contributed by atoms with van der Waals surface area (Å²) in [5.74, 6) is 0.779. The highest BCUT2D eigenvalue weighted by Gasteiger charge is 2.34. The number of rotatable bonds is 6. The Kier molecular flexibility index (Phi) is 6.27. The van der Waals surface area contributed by atoms with Crippen molar-refractivity contribution in [3.05, 3.63) is 30.3 Å². The highest BCUT2D eigenvalue weighted by atomic mass is 16.2. The summed E-state index contributed by atoms with van der Waals surface area (Å²) in [6, 6.07) is 11.1. The van der Waals surface area contributed by atoms with Crippen molar-refractivity contribution in [3.8, 4) is 0 Å². The van der Waals surface area contributed by atoms with E-state index >= 15 is 0 Å². The molecule has 3 saturated heterocycles. The first-order valence-corrected chi connectivity index (χ1v) is 10.8. The van der Waals surface area contributed by atoms with Gasteiger partial charge < -0.3 is 16.0 Å². The summed E-state index contributed by atoms with van der Waals surface area (Å²) in [5.41, 5.74) is 0.834. The molecule has 1 aromatic carbocycles. The number of likely N-dealkylation sites (tertiary alicyclic amines) is 1. The molecule has 28 heavy (non-hydrogen) atoms. The van der Waals surface area contributed by atoms with E-state index in [2.05, 4.69) is 20.9 Å². The third-order valence-corrected chi connectivity index (χ3v) is 6.42. The van der Waals surface area contributed by atoms with Gasteiger partial charge in [-0.1, -0.05) is 18.2 Å². The minimum Gasteiger partial charge on any atom is -0.353 e. The van der Waals surface area contributed by atoms with Crippen LogP contribution in [0.4, 0.5) is 5.69 Å². The average Bonchev–Trinajstić information content (AvgIpc) is 3.02. The number of amides is 2. The van der Waals surface area contributed by atoms with Crippen molar-refractivity contribution in [2.45, 2.75) is 63.1 Å². The monoisotopic (exact) mass is 384 g/mol. The van der Waals surface area contributed by atoms with Crippen molar-refractivity contribution in [3.63, 3.8) is 0 Å². The normalized spacial score (nSPS) is 28.1. The number of fused-ring (bicyclic) bond motifs is 2. The van der Waals surface area contributed by atoms with E-state index in [0.717, 1.165) is 44.5 Å². The van der Waals surface area contributed by atoms with Crippen LogP contribution >= 0.6 is 0 Å². The zero-order valence-electron chi connectivity index (χ0n) is 16.5. The Balaban J connectivity index is 1.14. The van der Waals surface area contributed by atoms with Crippen LogP contribution in [0, 0.1) is 5.92 Å². The van der Waals surface area contributed by atoms with E-state index in [4.69, 9.17) is 0 Å². The second-order valence-electron chi connectivity index (χ2n) is 8.71. The maximum absolute atomic E-state index is 12.5. The van der Waals surface area contributed by atoms with Gasteiger partial charge in [-0.2, -0.15) is 0 Å². The van der Waals surface area contributed by atoms with E-state index in [1.54, 1.807) is 0 Å². The summed E-state index contributed by atoms with van der Waals surface area (Å²) >= 11 is 0. The molecule has 2 bridgehead atoms. The van der Waals surface area contributed by atoms with E-state index in [0.29, 0.717) is 31.0 Å². The first-order valence-electron chi connectivity index (χ1n) is 10.8. The molecule has 4 rings (SSSR count). The van der Waals surface area contributed by atoms with Crippen molar-refractivity contribution >= 4 is 17.5 Å². The molecule has 3 fully saturated rings. The summed E-state index contributed by atoms with van der Waals surface area (Å²) in [4.78, 5) is 26.8. The quantitative estimate of drug-likeness (QED) is 0.703. The number of anilines is 1. The molecule has 0 spiro atoms. The Morgan fingerprint density at radius 3 is 2.32 bits per heavy atom. The minimum atomic E-state index is 0.0224. The zero-order valence-corrected chi connectivity index (χ0v) is 16.5. The molecule has 2 unspecified atom stereocenters. The summed E-state index contributed by atoms with van der Waals surface area (Å²) in [6.07, 6.45) is 7.37. The Morgan fingerprint density at radius 2 is 1.64 bits per heavy atom. The van der Waals surface area contributed by atoms with Crippen LogP contribution in [-0.2, 0) is 9.59 Å². The zero-order chi connectivity index (χ0) is 19.3. The Hall–Kier alpha value is -1.92. The van der Waals surface area contributed by atoms with Gasteiger partial charge in [0.05, 0.1) is 6.54 Å². The number of para-hydroxylation sites is 1. The van der Waals surface area contributed by atoms with Gasteiger partial charge in [-0.3, -0.25) is 14.5 Å². The highest BCUT2D eigenvalue weighted by molar-refractivity contribution is 5.92. The lowest BCUT2D eigenvalue weighted by atomic mass is 9.89. The fourth-order valence-corrected chi connectivity index (χ4v) is 5.05. The molecule has 2 amide bonds. The van der Waals surface area contributed by atoms with Crippen LogP contribution in [0.25, 0.3) is 0 Å². The van der Waals surface area contributed by atoms with Crippen molar-refractivity contribution in [1.82, 2.24) is 15.5 Å². The first-order chi connectivity index (χ1) is 13.6. The standard InChI is InChI=1S/C22H32N4O2/c27-21(14-16-12-19-6-7-20(13-16)23-19)24-18-8-10-26(11-9-18)15-22(28)25-17-4-2-1-3-5-17/h1-5,16,18-20,23H,6-15H2,(H,24,27)(H,25,28). The molecule has 6 heteroatoms. The van der Waals surface area contributed by atoms with Crippen molar-refractivity contribution in [2.75, 3.05) is 25.0 Å². The van der Waals surface area contributed by atoms with Crippen LogP contribution in [0.5, 0.6) is 0 Å². The number of hydrogen-bond acceptors (Lipinski definition) is 4. The first kappa shape index (κ1) is 19.4. The SMILES string of the molecule is O=C(CN1CCC(NC(=O)CC2CC3CCC(C2)N3)CC1)Nc1ccccc1. The minimum absolute atomic E-state index is 0.0224. The molecule has 0 radical (unpaired) electrons. The lowest BCUT2D eigenvalue weighted by molar-refractivity contribution is -0.123. The molecule has 2 atom stereocenters. The van der Waals surface area contributed by atoms with Crippen LogP contribution in [0.15, 0.2) is 30.3 Å². The predicted octanol–water partition coefficient (Wildman–Crippen LogP) is 2.13. The highest BCUT2D eigenvalue weighted by Crippen LogP contribution is 2.32. The summed E-state index contributed by atoms with van der Waals surface area (Å²) in [6.45, 7) is 2.11. The van der Waals surface area contributed by atoms with Gasteiger partial charge in [-0.25, -0.2) is 0 Å². The van der Waals surface area contributed by atoms with Crippen molar-refractivity contribution < 1.29 is 9.59 Å². The molecular weight excluding hydrogens is 352 g/mol. The van der Waals surface area contributed by atoms with E-state index in [1.165, 1.54) is 12.8 Å². The summed E-state index contributed by atoms with van der Waals surface area (Å²) in [5, 5.41) is 9.82. The van der Waals surface area contributed by atoms with Crippen LogP contribution in [0.2, 0.25) is 0 Å². The molecule has 3 heterocycles. The van der Waals surface area contributed by atoms with Gasteiger partial charge in [0.15, 0.2) is 0 Å². The topological polar surface area (TPSA) is 73.5 Å². The van der Waals surface area contributed by atoms with E-state index in [9.17, 15) is 9.59 Å². The average molecular weight is 385 g/mol. The predicted molar refractivity (Wildman–Crippen MR) is 110 cm³/mol. The van der Waals surface area contributed by atoms with E-state index in [-0.39, 0.29) is 17.9 Å². The number of nitrogens with one attached hydrogen (secondary N) is 3. The maximum Gasteiger partial charge on any atom is 0.238 e. The van der Waals surface area contributed by atoms with Crippen molar-refractivity contribution in [1.29, 1.82) is 0 Å². The van der Waals surface area contributed by atoms with E-state index in [1.807, 2.05) is 30.3 Å². The van der Waals surface area contributed by atoms with Gasteiger partial charge in [0.25, 0.3) is 0 Å². The Bertz CT molecular complexity index is 660. The summed E-state index contributed by atoms with van der Waals surface area (Å²) in [7, 11) is 0. The van der Waals surface area contributed by atoms with Gasteiger partial charge in [0.1, 0.15) is 0 Å². The third kappa shape index (κ3) is 5.32. The molecule has 3 aliphatic rings. The second-order valence-corrected chi connectivity index (χ2v) is 8.71. The molecule has 152 valence electrons. The number of nitrogens with zero attached hydrogens (tertiary/aromatic N) is 1. The molecule has 6 nitrogen and oxygen atoms in total. The van der Waals surface area contributed by atoms with Gasteiger partial charge in [0, 0.05) is 43.3 Å². The fourth-order valence-electron chi connectivity index (χ4n) is 5.05. The van der Waals surface area contributed by atoms with Crippen LogP contribution in [-0.4, -0.2) is 54.5 Å². The molecule has 1 aromatic rings. The fraction of sp³-hybridized carbons (Fsp3) is 0.636. The van der Waals surface area contributed by atoms with Gasteiger partial charge in [-0.15, -0.1) is 0 Å².